The molecule has 0 saturated carbocycles. The van der Waals surface area contributed by atoms with E-state index in [0.29, 0.717) is 17.5 Å². The summed E-state index contributed by atoms with van der Waals surface area (Å²) in [6, 6.07) is 0. The fraction of sp³-hybridized carbons (Fsp3) is 1.00. The van der Waals surface area contributed by atoms with Crippen molar-refractivity contribution >= 4 is 10.9 Å². The average Bonchev–Trinajstić information content (AvgIpc) is 3.06. The van der Waals surface area contributed by atoms with Crippen molar-refractivity contribution in [1.82, 2.24) is 0 Å². The third-order valence-electron chi connectivity index (χ3n) is 9.67. The molecule has 0 amide bonds. The molecule has 278 valence electrons. The predicted molar refractivity (Wildman–Crippen MR) is 210 cm³/mol. The first kappa shape index (κ1) is 46.2. The second kappa shape index (κ2) is 41.4. The summed E-state index contributed by atoms with van der Waals surface area (Å²) in [5.41, 5.74) is 0. The summed E-state index contributed by atoms with van der Waals surface area (Å²) in [6.45, 7) is 7.51. The van der Waals surface area contributed by atoms with Crippen molar-refractivity contribution in [2.24, 2.45) is 0 Å². The number of aliphatic hydroxyl groups is 1. The van der Waals surface area contributed by atoms with E-state index in [1.165, 1.54) is 198 Å². The summed E-state index contributed by atoms with van der Waals surface area (Å²) in [5.74, 6) is 2.44. The van der Waals surface area contributed by atoms with E-state index in [0.717, 1.165) is 38.4 Å². The number of ether oxygens (including phenoxy) is 2. The summed E-state index contributed by atoms with van der Waals surface area (Å²) in [4.78, 5) is 0. The smallest absolute Gasteiger partial charge is 0.136 e. The van der Waals surface area contributed by atoms with Gasteiger partial charge in [0.2, 0.25) is 0 Å². The lowest BCUT2D eigenvalue weighted by Gasteiger charge is -2.18. The normalized spacial score (nSPS) is 13.0. The molecule has 0 bridgehead atoms. The molecule has 3 nitrogen and oxygen atoms in total. The summed E-state index contributed by atoms with van der Waals surface area (Å²) in [6.07, 6.45) is 46.5. The van der Waals surface area contributed by atoms with E-state index in [2.05, 4.69) is 20.1 Å². The largest absolute Gasteiger partial charge is 0.396 e. The average molecular weight is 672 g/mol. The van der Waals surface area contributed by atoms with E-state index in [9.17, 15) is 0 Å². The Balaban J connectivity index is 3.89. The van der Waals surface area contributed by atoms with E-state index < -0.39 is 0 Å². The lowest BCUT2D eigenvalue weighted by atomic mass is 10.0. The first-order chi connectivity index (χ1) is 22.7. The molecule has 0 aromatic rings. The van der Waals surface area contributed by atoms with Crippen molar-refractivity contribution in [1.29, 1.82) is 0 Å². The van der Waals surface area contributed by atoms with Crippen LogP contribution < -0.4 is 0 Å². The standard InChI is InChI=1S/C42H87O3S/c1-4-6-8-10-12-14-16-18-20-22-24-26-29-33-37-44-40-42(41-46(3)39-35-31-28-32-36-43)45-38-34-30-27-25-23-21-19-17-15-13-11-9-7-5-2/h42-43H,4-41H2,1-3H3/q+1. The van der Waals surface area contributed by atoms with Crippen LogP contribution in [0.3, 0.4) is 0 Å². The van der Waals surface area contributed by atoms with Gasteiger partial charge in [0.1, 0.15) is 17.6 Å². The van der Waals surface area contributed by atoms with Crippen LogP contribution in [-0.2, 0) is 20.4 Å². The fourth-order valence-corrected chi connectivity index (χ4v) is 8.21. The van der Waals surface area contributed by atoms with E-state index in [1.54, 1.807) is 0 Å². The lowest BCUT2D eigenvalue weighted by Crippen LogP contribution is -2.30. The molecule has 0 rings (SSSR count). The minimum absolute atomic E-state index is 0.263. The van der Waals surface area contributed by atoms with E-state index in [-0.39, 0.29) is 6.10 Å². The molecule has 2 atom stereocenters. The van der Waals surface area contributed by atoms with Crippen LogP contribution in [0.15, 0.2) is 0 Å². The monoisotopic (exact) mass is 672 g/mol. The zero-order valence-corrected chi connectivity index (χ0v) is 32.9. The molecular weight excluding hydrogens is 585 g/mol. The molecule has 0 aromatic heterocycles. The highest BCUT2D eigenvalue weighted by Crippen LogP contribution is 2.15. The Morgan fingerprint density at radius 2 is 0.783 bits per heavy atom. The maximum atomic E-state index is 9.03. The second-order valence-corrected chi connectivity index (χ2v) is 16.9. The SMILES string of the molecule is CCCCCCCCCCCCCCCCOCC(C[S+](C)CCCCCCO)OCCCCCCCCCCCCCCCC. The summed E-state index contributed by atoms with van der Waals surface area (Å²) in [5, 5.41) is 9.03. The van der Waals surface area contributed by atoms with Crippen molar-refractivity contribution in [3.8, 4) is 0 Å². The Morgan fingerprint density at radius 3 is 1.20 bits per heavy atom. The van der Waals surface area contributed by atoms with Crippen molar-refractivity contribution in [2.75, 3.05) is 44.2 Å². The van der Waals surface area contributed by atoms with E-state index >= 15 is 0 Å². The van der Waals surface area contributed by atoms with Crippen LogP contribution in [0.5, 0.6) is 0 Å². The van der Waals surface area contributed by atoms with Gasteiger partial charge in [0.05, 0.1) is 12.9 Å². The minimum Gasteiger partial charge on any atom is -0.396 e. The molecule has 0 spiro atoms. The highest BCUT2D eigenvalue weighted by atomic mass is 32.2. The van der Waals surface area contributed by atoms with Crippen LogP contribution in [0.4, 0.5) is 0 Å². The number of hydrogen-bond acceptors (Lipinski definition) is 3. The van der Waals surface area contributed by atoms with Crippen LogP contribution in [0, 0.1) is 0 Å². The number of unbranched alkanes of at least 4 members (excludes halogenated alkanes) is 29. The third kappa shape index (κ3) is 38.7. The van der Waals surface area contributed by atoms with Crippen molar-refractivity contribution < 1.29 is 14.6 Å². The number of hydrogen-bond donors (Lipinski definition) is 1. The van der Waals surface area contributed by atoms with Gasteiger partial charge in [-0.25, -0.2) is 0 Å². The second-order valence-electron chi connectivity index (χ2n) is 14.6. The Morgan fingerprint density at radius 1 is 0.435 bits per heavy atom. The lowest BCUT2D eigenvalue weighted by molar-refractivity contribution is -0.00648. The molecule has 0 saturated heterocycles. The van der Waals surface area contributed by atoms with Crippen LogP contribution in [0.1, 0.15) is 219 Å². The molecule has 0 heterocycles. The Bertz CT molecular complexity index is 531. The molecule has 2 unspecified atom stereocenters. The highest BCUT2D eigenvalue weighted by molar-refractivity contribution is 7.96. The van der Waals surface area contributed by atoms with Crippen molar-refractivity contribution in [3.05, 3.63) is 0 Å². The van der Waals surface area contributed by atoms with Gasteiger partial charge in [-0.2, -0.15) is 0 Å². The zero-order valence-electron chi connectivity index (χ0n) is 32.1. The summed E-state index contributed by atoms with van der Waals surface area (Å²) in [7, 11) is 0.391. The Kier molecular flexibility index (Phi) is 41.6. The zero-order chi connectivity index (χ0) is 33.4. The van der Waals surface area contributed by atoms with Crippen LogP contribution in [0.2, 0.25) is 0 Å². The van der Waals surface area contributed by atoms with Crippen LogP contribution in [0.25, 0.3) is 0 Å². The maximum absolute atomic E-state index is 9.03. The molecule has 0 aliphatic carbocycles. The van der Waals surface area contributed by atoms with Gasteiger partial charge in [0.15, 0.2) is 0 Å². The van der Waals surface area contributed by atoms with E-state index in [1.807, 2.05) is 0 Å². The van der Waals surface area contributed by atoms with Gasteiger partial charge in [0.25, 0.3) is 0 Å². The molecule has 4 heteroatoms. The summed E-state index contributed by atoms with van der Waals surface area (Å²) >= 11 is 0. The van der Waals surface area contributed by atoms with E-state index in [4.69, 9.17) is 14.6 Å². The number of aliphatic hydroxyl groups excluding tert-OH is 1. The van der Waals surface area contributed by atoms with Gasteiger partial charge in [-0.1, -0.05) is 187 Å². The summed E-state index contributed by atoms with van der Waals surface area (Å²) < 4.78 is 12.6. The fourth-order valence-electron chi connectivity index (χ4n) is 6.52. The first-order valence-electron chi connectivity index (χ1n) is 21.1. The van der Waals surface area contributed by atoms with Gasteiger partial charge in [-0.15, -0.1) is 0 Å². The Hall–Kier alpha value is 0.230. The molecule has 0 aliphatic rings. The van der Waals surface area contributed by atoms with Gasteiger partial charge in [-0.05, 0) is 43.0 Å². The molecule has 46 heavy (non-hydrogen) atoms. The van der Waals surface area contributed by atoms with Crippen molar-refractivity contribution in [2.45, 2.75) is 225 Å². The molecule has 0 fully saturated rings. The first-order valence-corrected chi connectivity index (χ1v) is 23.1. The molecule has 0 aliphatic heterocycles. The Labute approximate surface area is 294 Å². The van der Waals surface area contributed by atoms with Crippen molar-refractivity contribution in [3.63, 3.8) is 0 Å². The van der Waals surface area contributed by atoms with Gasteiger partial charge in [0, 0.05) is 19.8 Å². The van der Waals surface area contributed by atoms with Gasteiger partial charge < -0.3 is 14.6 Å². The maximum Gasteiger partial charge on any atom is 0.136 e. The predicted octanol–water partition coefficient (Wildman–Crippen LogP) is 13.2. The minimum atomic E-state index is 0.263. The van der Waals surface area contributed by atoms with Crippen LogP contribution >= 0.6 is 0 Å². The quantitative estimate of drug-likeness (QED) is 0.0519. The molecule has 1 N–H and O–H groups in total. The molecular formula is C42H87O3S+. The molecule has 0 radical (unpaired) electrons. The molecule has 0 aromatic carbocycles. The van der Waals surface area contributed by atoms with Gasteiger partial charge in [-0.3, -0.25) is 0 Å². The van der Waals surface area contributed by atoms with Crippen LogP contribution in [-0.4, -0.2) is 55.4 Å². The number of rotatable bonds is 41. The van der Waals surface area contributed by atoms with Gasteiger partial charge >= 0.3 is 0 Å². The topological polar surface area (TPSA) is 38.7 Å². The highest BCUT2D eigenvalue weighted by Gasteiger charge is 2.20. The third-order valence-corrected chi connectivity index (χ3v) is 11.6.